The molecule has 1 aromatic rings. The predicted molar refractivity (Wildman–Crippen MR) is 70.3 cm³/mol. The summed E-state index contributed by atoms with van der Waals surface area (Å²) < 4.78 is 36.9. The van der Waals surface area contributed by atoms with E-state index in [0.29, 0.717) is 25.4 Å². The van der Waals surface area contributed by atoms with Crippen molar-refractivity contribution in [2.24, 2.45) is 0 Å². The van der Waals surface area contributed by atoms with Crippen LogP contribution in [0.4, 0.5) is 0 Å². The minimum Gasteiger partial charge on any atom is -0.447 e. The lowest BCUT2D eigenvalue weighted by Crippen LogP contribution is -2.42. The predicted octanol–water partition coefficient (Wildman–Crippen LogP) is 0.798. The molecule has 1 aliphatic heterocycles. The molecule has 0 saturated carbocycles. The zero-order chi connectivity index (χ0) is 13.9. The van der Waals surface area contributed by atoms with Gasteiger partial charge in [0.1, 0.15) is 5.76 Å². The molecule has 1 unspecified atom stereocenters. The van der Waals surface area contributed by atoms with Crippen molar-refractivity contribution in [2.75, 3.05) is 27.2 Å². The summed E-state index contributed by atoms with van der Waals surface area (Å²) in [6.45, 7) is 1.42. The van der Waals surface area contributed by atoms with Gasteiger partial charge in [0.05, 0.1) is 12.6 Å². The van der Waals surface area contributed by atoms with Crippen molar-refractivity contribution < 1.29 is 17.6 Å². The summed E-state index contributed by atoms with van der Waals surface area (Å²) in [5, 5.41) is 2.93. The van der Waals surface area contributed by atoms with Crippen molar-refractivity contribution in [3.05, 3.63) is 17.9 Å². The maximum absolute atomic E-state index is 12.4. The van der Waals surface area contributed by atoms with Gasteiger partial charge in [-0.3, -0.25) is 0 Å². The first-order valence-corrected chi connectivity index (χ1v) is 7.78. The molecule has 0 spiro atoms. The third-order valence-electron chi connectivity index (χ3n) is 3.26. The van der Waals surface area contributed by atoms with Crippen LogP contribution in [0.1, 0.15) is 18.6 Å². The molecule has 1 aromatic heterocycles. The van der Waals surface area contributed by atoms with E-state index in [-0.39, 0.29) is 11.2 Å². The largest absolute Gasteiger partial charge is 0.447 e. The number of ether oxygens (including phenoxy) is 1. The van der Waals surface area contributed by atoms with Gasteiger partial charge in [-0.2, -0.15) is 4.31 Å². The second-order valence-corrected chi connectivity index (χ2v) is 6.48. The monoisotopic (exact) mass is 288 g/mol. The molecule has 0 amide bonds. The fraction of sp³-hybridized carbons (Fsp3) is 0.667. The Hall–Kier alpha value is -0.890. The third-order valence-corrected chi connectivity index (χ3v) is 5.00. The molecule has 2 rings (SSSR count). The summed E-state index contributed by atoms with van der Waals surface area (Å²) in [4.78, 5) is 0. The van der Waals surface area contributed by atoms with Gasteiger partial charge in [-0.1, -0.05) is 0 Å². The molecule has 1 N–H and O–H groups in total. The Kier molecular flexibility index (Phi) is 4.62. The molecule has 1 atom stereocenters. The van der Waals surface area contributed by atoms with E-state index in [9.17, 15) is 8.42 Å². The number of hydrogen-bond acceptors (Lipinski definition) is 5. The summed E-state index contributed by atoms with van der Waals surface area (Å²) in [6, 6.07) is 3.19. The van der Waals surface area contributed by atoms with Gasteiger partial charge in [0.2, 0.25) is 5.09 Å². The van der Waals surface area contributed by atoms with Crippen LogP contribution in [0.2, 0.25) is 0 Å². The van der Waals surface area contributed by atoms with E-state index in [1.807, 2.05) is 0 Å². The van der Waals surface area contributed by atoms with Crippen LogP contribution < -0.4 is 5.32 Å². The number of sulfonamides is 1. The zero-order valence-electron chi connectivity index (χ0n) is 11.3. The van der Waals surface area contributed by atoms with Crippen LogP contribution in [0.3, 0.4) is 0 Å². The maximum Gasteiger partial charge on any atom is 0.276 e. The maximum atomic E-state index is 12.4. The molecule has 1 fully saturated rings. The molecule has 108 valence electrons. The topological polar surface area (TPSA) is 71.8 Å². The molecule has 1 saturated heterocycles. The lowest BCUT2D eigenvalue weighted by Gasteiger charge is -2.30. The summed E-state index contributed by atoms with van der Waals surface area (Å²) in [7, 11) is -0.152. The van der Waals surface area contributed by atoms with Gasteiger partial charge < -0.3 is 14.5 Å². The zero-order valence-corrected chi connectivity index (χ0v) is 12.1. The van der Waals surface area contributed by atoms with E-state index in [4.69, 9.17) is 9.15 Å². The molecule has 0 aromatic carbocycles. The number of nitrogens with one attached hydrogen (secondary N) is 1. The Bertz CT molecular complexity index is 512. The molecule has 0 radical (unpaired) electrons. The molecule has 19 heavy (non-hydrogen) atoms. The average molecular weight is 288 g/mol. The van der Waals surface area contributed by atoms with E-state index >= 15 is 0 Å². The van der Waals surface area contributed by atoms with Crippen LogP contribution in [-0.4, -0.2) is 46.1 Å². The van der Waals surface area contributed by atoms with Gasteiger partial charge in [-0.25, -0.2) is 8.42 Å². The molecule has 1 aliphatic rings. The van der Waals surface area contributed by atoms with Crippen molar-refractivity contribution >= 4 is 10.0 Å². The number of methoxy groups -OCH3 is 1. The minimum atomic E-state index is -3.54. The Morgan fingerprint density at radius 3 is 3.00 bits per heavy atom. The first kappa shape index (κ1) is 14.5. The van der Waals surface area contributed by atoms with E-state index in [2.05, 4.69) is 5.32 Å². The van der Waals surface area contributed by atoms with Gasteiger partial charge in [-0.15, -0.1) is 0 Å². The van der Waals surface area contributed by atoms with Crippen molar-refractivity contribution in [3.63, 3.8) is 0 Å². The molecule has 7 heteroatoms. The van der Waals surface area contributed by atoms with Crippen molar-refractivity contribution in [1.82, 2.24) is 9.62 Å². The van der Waals surface area contributed by atoms with E-state index in [1.54, 1.807) is 20.2 Å². The van der Waals surface area contributed by atoms with Gasteiger partial charge in [0, 0.05) is 20.2 Å². The molecule has 0 aliphatic carbocycles. The van der Waals surface area contributed by atoms with Crippen molar-refractivity contribution in [2.45, 2.75) is 30.6 Å². The first-order chi connectivity index (χ1) is 9.07. The first-order valence-electron chi connectivity index (χ1n) is 6.34. The summed E-state index contributed by atoms with van der Waals surface area (Å²) >= 11 is 0. The van der Waals surface area contributed by atoms with Crippen molar-refractivity contribution in [1.29, 1.82) is 0 Å². The number of furan rings is 1. The fourth-order valence-corrected chi connectivity index (χ4v) is 3.65. The van der Waals surface area contributed by atoms with Gasteiger partial charge >= 0.3 is 0 Å². The lowest BCUT2D eigenvalue weighted by molar-refractivity contribution is 0.0567. The van der Waals surface area contributed by atoms with E-state index < -0.39 is 10.0 Å². The molecule has 2 heterocycles. The van der Waals surface area contributed by atoms with Gasteiger partial charge in [0.15, 0.2) is 0 Å². The summed E-state index contributed by atoms with van der Waals surface area (Å²) in [5.74, 6) is 0.612. The van der Waals surface area contributed by atoms with Crippen LogP contribution in [0.15, 0.2) is 21.6 Å². The Balaban J connectivity index is 2.16. The summed E-state index contributed by atoms with van der Waals surface area (Å²) in [6.07, 6.45) is 1.67. The smallest absolute Gasteiger partial charge is 0.276 e. The Morgan fingerprint density at radius 2 is 2.32 bits per heavy atom. The van der Waals surface area contributed by atoms with Gasteiger partial charge in [-0.05, 0) is 32.0 Å². The van der Waals surface area contributed by atoms with E-state index in [1.165, 1.54) is 10.4 Å². The van der Waals surface area contributed by atoms with E-state index in [0.717, 1.165) is 12.8 Å². The van der Waals surface area contributed by atoms with Crippen LogP contribution >= 0.6 is 0 Å². The van der Waals surface area contributed by atoms with Crippen LogP contribution in [0.25, 0.3) is 0 Å². The minimum absolute atomic E-state index is 0.00880. The molecular weight excluding hydrogens is 268 g/mol. The SMILES string of the molecule is CNCc1ccc(S(=O)(=O)N2CCCC(OC)C2)o1. The lowest BCUT2D eigenvalue weighted by atomic mass is 10.1. The number of hydrogen-bond donors (Lipinski definition) is 1. The fourth-order valence-electron chi connectivity index (χ4n) is 2.21. The second kappa shape index (κ2) is 6.04. The van der Waals surface area contributed by atoms with Crippen LogP contribution in [0.5, 0.6) is 0 Å². The van der Waals surface area contributed by atoms with Gasteiger partial charge in [0.25, 0.3) is 10.0 Å². The number of piperidine rings is 1. The molecule has 0 bridgehead atoms. The Labute approximate surface area is 113 Å². The van der Waals surface area contributed by atoms with Crippen LogP contribution in [-0.2, 0) is 21.3 Å². The highest BCUT2D eigenvalue weighted by Gasteiger charge is 2.32. The Morgan fingerprint density at radius 1 is 1.53 bits per heavy atom. The highest BCUT2D eigenvalue weighted by Crippen LogP contribution is 2.23. The number of rotatable bonds is 5. The third kappa shape index (κ3) is 3.17. The average Bonchev–Trinajstić information content (AvgIpc) is 2.88. The highest BCUT2D eigenvalue weighted by molar-refractivity contribution is 7.89. The quantitative estimate of drug-likeness (QED) is 0.867. The van der Waals surface area contributed by atoms with Crippen molar-refractivity contribution in [3.8, 4) is 0 Å². The second-order valence-electron chi connectivity index (χ2n) is 4.61. The standard InChI is InChI=1S/C12H20N2O4S/c1-13-8-10-5-6-12(18-10)19(15,16)14-7-3-4-11(9-14)17-2/h5-6,11,13H,3-4,7-9H2,1-2H3. The number of nitrogens with zero attached hydrogens (tertiary/aromatic N) is 1. The highest BCUT2D eigenvalue weighted by atomic mass is 32.2. The molecule has 6 nitrogen and oxygen atoms in total. The normalized spacial score (nSPS) is 21.7. The summed E-state index contributed by atoms with van der Waals surface area (Å²) in [5.41, 5.74) is 0. The van der Waals surface area contributed by atoms with Crippen LogP contribution in [0, 0.1) is 0 Å². The molecular formula is C12H20N2O4S.